The number of carbonyl (C=O) groups is 1. The van der Waals surface area contributed by atoms with Gasteiger partial charge in [-0.1, -0.05) is 41.9 Å². The van der Waals surface area contributed by atoms with Crippen LogP contribution < -0.4 is 9.47 Å². The molecule has 1 N–H and O–H groups in total. The molecule has 0 amide bonds. The van der Waals surface area contributed by atoms with Crippen LogP contribution in [0.1, 0.15) is 24.0 Å². The predicted octanol–water partition coefficient (Wildman–Crippen LogP) is 4.16. The van der Waals surface area contributed by atoms with Gasteiger partial charge < -0.3 is 14.6 Å². The highest BCUT2D eigenvalue weighted by Crippen LogP contribution is 2.37. The number of carboxylic acids is 1. The second kappa shape index (κ2) is 7.88. The van der Waals surface area contributed by atoms with E-state index in [1.54, 1.807) is 12.1 Å². The second-order valence-electron chi connectivity index (χ2n) is 5.05. The highest BCUT2D eigenvalue weighted by atomic mass is 35.5. The van der Waals surface area contributed by atoms with Crippen molar-refractivity contribution < 1.29 is 19.4 Å². The molecule has 0 spiro atoms. The average Bonchev–Trinajstić information content (AvgIpc) is 2.53. The summed E-state index contributed by atoms with van der Waals surface area (Å²) in [5.41, 5.74) is 1.54. The molecule has 0 aromatic heterocycles. The topological polar surface area (TPSA) is 55.8 Å². The number of hydrogen-bond acceptors (Lipinski definition) is 3. The van der Waals surface area contributed by atoms with Gasteiger partial charge in [0.25, 0.3) is 0 Å². The van der Waals surface area contributed by atoms with Crippen LogP contribution in [-0.2, 0) is 11.2 Å². The standard InChI is InChI=1S/C18H19ClO4/c1-3-23-16-11-12(10-15(19)17(16)22-2)9-14(18(20)21)13-7-5-4-6-8-13/h4-8,10-11,14H,3,9H2,1-2H3,(H,20,21). The van der Waals surface area contributed by atoms with Crippen LogP contribution in [-0.4, -0.2) is 24.8 Å². The van der Waals surface area contributed by atoms with Crippen molar-refractivity contribution in [1.29, 1.82) is 0 Å². The fourth-order valence-corrected chi connectivity index (χ4v) is 2.78. The van der Waals surface area contributed by atoms with Crippen molar-refractivity contribution in [3.8, 4) is 11.5 Å². The Morgan fingerprint density at radius 3 is 2.52 bits per heavy atom. The summed E-state index contributed by atoms with van der Waals surface area (Å²) in [6.07, 6.45) is 0.323. The fourth-order valence-electron chi connectivity index (χ4n) is 2.47. The second-order valence-corrected chi connectivity index (χ2v) is 5.45. The summed E-state index contributed by atoms with van der Waals surface area (Å²) in [5.74, 6) is -0.533. The molecular formula is C18H19ClO4. The van der Waals surface area contributed by atoms with Crippen LogP contribution in [0.3, 0.4) is 0 Å². The van der Waals surface area contributed by atoms with Crippen LogP contribution in [0.15, 0.2) is 42.5 Å². The first-order valence-corrected chi connectivity index (χ1v) is 7.71. The Morgan fingerprint density at radius 1 is 1.26 bits per heavy atom. The van der Waals surface area contributed by atoms with Gasteiger partial charge in [-0.3, -0.25) is 4.79 Å². The average molecular weight is 335 g/mol. The maximum absolute atomic E-state index is 11.6. The molecule has 0 heterocycles. The van der Waals surface area contributed by atoms with E-state index in [4.69, 9.17) is 21.1 Å². The molecule has 0 fully saturated rings. The molecule has 5 heteroatoms. The lowest BCUT2D eigenvalue weighted by molar-refractivity contribution is -0.138. The molecule has 1 unspecified atom stereocenters. The Morgan fingerprint density at radius 2 is 1.96 bits per heavy atom. The Kier molecular flexibility index (Phi) is 5.88. The van der Waals surface area contributed by atoms with E-state index in [1.165, 1.54) is 7.11 Å². The first-order chi connectivity index (χ1) is 11.1. The number of rotatable bonds is 7. The summed E-state index contributed by atoms with van der Waals surface area (Å²) in [6.45, 7) is 2.33. The number of carboxylic acid groups (broad SMARTS) is 1. The third-order valence-corrected chi connectivity index (χ3v) is 3.79. The fraction of sp³-hybridized carbons (Fsp3) is 0.278. The molecule has 0 saturated carbocycles. The van der Waals surface area contributed by atoms with E-state index in [0.717, 1.165) is 11.1 Å². The van der Waals surface area contributed by atoms with Gasteiger partial charge in [0.05, 0.1) is 24.7 Å². The lowest BCUT2D eigenvalue weighted by atomic mass is 9.92. The summed E-state index contributed by atoms with van der Waals surface area (Å²) < 4.78 is 10.8. The van der Waals surface area contributed by atoms with Crippen molar-refractivity contribution in [3.05, 3.63) is 58.6 Å². The Labute approximate surface area is 140 Å². The van der Waals surface area contributed by atoms with E-state index in [9.17, 15) is 9.90 Å². The van der Waals surface area contributed by atoms with Gasteiger partial charge in [-0.15, -0.1) is 0 Å². The van der Waals surface area contributed by atoms with Gasteiger partial charge in [-0.2, -0.15) is 0 Å². The lowest BCUT2D eigenvalue weighted by Gasteiger charge is -2.16. The highest BCUT2D eigenvalue weighted by molar-refractivity contribution is 6.32. The normalized spacial score (nSPS) is 11.8. The molecule has 23 heavy (non-hydrogen) atoms. The Balaban J connectivity index is 2.35. The van der Waals surface area contributed by atoms with Gasteiger partial charge in [-0.25, -0.2) is 0 Å². The van der Waals surface area contributed by atoms with E-state index in [2.05, 4.69) is 0 Å². The van der Waals surface area contributed by atoms with Gasteiger partial charge in [0.1, 0.15) is 0 Å². The third-order valence-electron chi connectivity index (χ3n) is 3.51. The number of benzene rings is 2. The van der Waals surface area contributed by atoms with Crippen LogP contribution in [0, 0.1) is 0 Å². The molecular weight excluding hydrogens is 316 g/mol. The summed E-state index contributed by atoms with van der Waals surface area (Å²) in [6, 6.07) is 12.7. The SMILES string of the molecule is CCOc1cc(CC(C(=O)O)c2ccccc2)cc(Cl)c1OC. The first kappa shape index (κ1) is 17.2. The quantitative estimate of drug-likeness (QED) is 0.826. The smallest absolute Gasteiger partial charge is 0.311 e. The van der Waals surface area contributed by atoms with Crippen molar-refractivity contribution in [2.45, 2.75) is 19.3 Å². The van der Waals surface area contributed by atoms with Crippen LogP contribution in [0.5, 0.6) is 11.5 Å². The largest absolute Gasteiger partial charge is 0.491 e. The molecule has 0 radical (unpaired) electrons. The molecule has 1 atom stereocenters. The maximum Gasteiger partial charge on any atom is 0.311 e. The number of methoxy groups -OCH3 is 1. The highest BCUT2D eigenvalue weighted by Gasteiger charge is 2.22. The molecule has 0 aliphatic rings. The Hall–Kier alpha value is -2.20. The minimum absolute atomic E-state index is 0.323. The van der Waals surface area contributed by atoms with Gasteiger partial charge in [-0.05, 0) is 36.6 Å². The molecule has 2 aromatic rings. The van der Waals surface area contributed by atoms with E-state index >= 15 is 0 Å². The number of halogens is 1. The third kappa shape index (κ3) is 4.17. The summed E-state index contributed by atoms with van der Waals surface area (Å²) in [7, 11) is 1.52. The van der Waals surface area contributed by atoms with Crippen LogP contribution in [0.25, 0.3) is 0 Å². The van der Waals surface area contributed by atoms with Crippen molar-refractivity contribution in [3.63, 3.8) is 0 Å². The minimum Gasteiger partial charge on any atom is -0.491 e. The monoisotopic (exact) mass is 334 g/mol. The zero-order valence-corrected chi connectivity index (χ0v) is 13.8. The maximum atomic E-state index is 11.6. The first-order valence-electron chi connectivity index (χ1n) is 7.33. The molecule has 0 aliphatic carbocycles. The summed E-state index contributed by atoms with van der Waals surface area (Å²) in [5, 5.41) is 9.95. The summed E-state index contributed by atoms with van der Waals surface area (Å²) in [4.78, 5) is 11.6. The Bertz CT molecular complexity index is 670. The predicted molar refractivity (Wildman–Crippen MR) is 89.7 cm³/mol. The van der Waals surface area contributed by atoms with E-state index in [1.807, 2.05) is 37.3 Å². The van der Waals surface area contributed by atoms with Crippen molar-refractivity contribution in [2.75, 3.05) is 13.7 Å². The molecule has 2 rings (SSSR count). The van der Waals surface area contributed by atoms with Crippen molar-refractivity contribution in [2.24, 2.45) is 0 Å². The zero-order chi connectivity index (χ0) is 16.8. The molecule has 0 aliphatic heterocycles. The summed E-state index contributed by atoms with van der Waals surface area (Å²) >= 11 is 6.23. The van der Waals surface area contributed by atoms with Gasteiger partial charge in [0.15, 0.2) is 11.5 Å². The molecule has 0 bridgehead atoms. The van der Waals surface area contributed by atoms with Crippen LogP contribution in [0.2, 0.25) is 5.02 Å². The van der Waals surface area contributed by atoms with Gasteiger partial charge in [0, 0.05) is 0 Å². The van der Waals surface area contributed by atoms with Crippen LogP contribution in [0.4, 0.5) is 0 Å². The molecule has 0 saturated heterocycles. The van der Waals surface area contributed by atoms with Gasteiger partial charge >= 0.3 is 5.97 Å². The number of ether oxygens (including phenoxy) is 2. The molecule has 122 valence electrons. The van der Waals surface area contributed by atoms with E-state index in [-0.39, 0.29) is 0 Å². The van der Waals surface area contributed by atoms with E-state index in [0.29, 0.717) is 29.5 Å². The number of aliphatic carboxylic acids is 1. The van der Waals surface area contributed by atoms with Gasteiger partial charge in [0.2, 0.25) is 0 Å². The lowest BCUT2D eigenvalue weighted by Crippen LogP contribution is -2.14. The van der Waals surface area contributed by atoms with Crippen molar-refractivity contribution >= 4 is 17.6 Å². The van der Waals surface area contributed by atoms with E-state index < -0.39 is 11.9 Å². The number of hydrogen-bond donors (Lipinski definition) is 1. The van der Waals surface area contributed by atoms with Crippen molar-refractivity contribution in [1.82, 2.24) is 0 Å². The minimum atomic E-state index is -0.874. The molecule has 2 aromatic carbocycles. The zero-order valence-electron chi connectivity index (χ0n) is 13.1. The van der Waals surface area contributed by atoms with Crippen LogP contribution >= 0.6 is 11.6 Å². The molecule has 4 nitrogen and oxygen atoms in total.